The number of hydrogen-bond acceptors (Lipinski definition) is 6. The predicted octanol–water partition coefficient (Wildman–Crippen LogP) is 3.62. The molecule has 8 heteroatoms. The minimum atomic E-state index is -0.919. The van der Waals surface area contributed by atoms with Crippen molar-refractivity contribution >= 4 is 17.9 Å². The van der Waals surface area contributed by atoms with Crippen LogP contribution in [0.2, 0.25) is 0 Å². The molecule has 0 saturated heterocycles. The van der Waals surface area contributed by atoms with E-state index in [1.54, 1.807) is 50.6 Å². The number of carboxylic acids is 2. The number of aromatic carboxylic acids is 1. The molecule has 8 nitrogen and oxygen atoms in total. The van der Waals surface area contributed by atoms with Gasteiger partial charge in [0.25, 0.3) is 0 Å². The van der Waals surface area contributed by atoms with E-state index < -0.39 is 11.9 Å². The number of nitrogens with one attached hydrogen (secondary N) is 1. The van der Waals surface area contributed by atoms with Crippen molar-refractivity contribution in [1.82, 2.24) is 15.0 Å². The van der Waals surface area contributed by atoms with Crippen molar-refractivity contribution in [2.75, 3.05) is 11.9 Å². The fourth-order valence-corrected chi connectivity index (χ4v) is 2.30. The van der Waals surface area contributed by atoms with Crippen LogP contribution in [0.1, 0.15) is 29.8 Å². The molecule has 156 valence electrons. The fourth-order valence-electron chi connectivity index (χ4n) is 2.30. The van der Waals surface area contributed by atoms with Crippen molar-refractivity contribution < 1.29 is 19.8 Å². The lowest BCUT2D eigenvalue weighted by Gasteiger charge is -2.07. The Hall–Kier alpha value is -3.81. The maximum Gasteiger partial charge on any atom is 0.335 e. The standard InChI is InChI=1S/C18H16N4O2.C4H8O2/c23-17(24)14-4-1-3-13(11-14)6-9-20-18-21-10-7-16(22-18)15-5-2-8-19-12-15;1-3(2)4(5)6/h1-5,7-8,10-12H,6,9H2,(H,23,24)(H,20,21,22);3H,1-2H3,(H,5,6). The molecule has 0 aliphatic heterocycles. The summed E-state index contributed by atoms with van der Waals surface area (Å²) in [5.41, 5.74) is 2.97. The van der Waals surface area contributed by atoms with E-state index in [9.17, 15) is 9.59 Å². The van der Waals surface area contributed by atoms with Crippen LogP contribution in [0.5, 0.6) is 0 Å². The van der Waals surface area contributed by atoms with Gasteiger partial charge in [-0.1, -0.05) is 26.0 Å². The van der Waals surface area contributed by atoms with Gasteiger partial charge < -0.3 is 15.5 Å². The maximum absolute atomic E-state index is 11.0. The molecule has 0 fully saturated rings. The summed E-state index contributed by atoms with van der Waals surface area (Å²) in [5, 5.41) is 20.2. The van der Waals surface area contributed by atoms with Crippen LogP contribution >= 0.6 is 0 Å². The third-order valence-corrected chi connectivity index (χ3v) is 3.98. The zero-order valence-electron chi connectivity index (χ0n) is 16.8. The molecule has 3 rings (SSSR count). The minimum Gasteiger partial charge on any atom is -0.481 e. The Morgan fingerprint density at radius 3 is 2.47 bits per heavy atom. The van der Waals surface area contributed by atoms with Crippen molar-refractivity contribution in [2.45, 2.75) is 20.3 Å². The molecule has 0 aliphatic carbocycles. The Morgan fingerprint density at radius 1 is 1.07 bits per heavy atom. The summed E-state index contributed by atoms with van der Waals surface area (Å²) in [6.07, 6.45) is 5.85. The summed E-state index contributed by atoms with van der Waals surface area (Å²) >= 11 is 0. The molecule has 0 saturated carbocycles. The monoisotopic (exact) mass is 408 g/mol. The Balaban J connectivity index is 0.000000469. The van der Waals surface area contributed by atoms with Crippen LogP contribution < -0.4 is 5.32 Å². The molecular weight excluding hydrogens is 384 g/mol. The zero-order chi connectivity index (χ0) is 21.9. The van der Waals surface area contributed by atoms with Crippen LogP contribution in [-0.4, -0.2) is 43.6 Å². The third kappa shape index (κ3) is 7.31. The van der Waals surface area contributed by atoms with E-state index in [0.29, 0.717) is 24.5 Å². The van der Waals surface area contributed by atoms with Crippen molar-refractivity contribution in [3.05, 3.63) is 72.2 Å². The van der Waals surface area contributed by atoms with Gasteiger partial charge in [0.1, 0.15) is 0 Å². The lowest BCUT2D eigenvalue weighted by atomic mass is 10.1. The highest BCUT2D eigenvalue weighted by Gasteiger charge is 2.04. The van der Waals surface area contributed by atoms with Gasteiger partial charge in [-0.15, -0.1) is 0 Å². The third-order valence-electron chi connectivity index (χ3n) is 3.98. The molecule has 0 amide bonds. The topological polar surface area (TPSA) is 125 Å². The largest absolute Gasteiger partial charge is 0.481 e. The van der Waals surface area contributed by atoms with Gasteiger partial charge in [-0.3, -0.25) is 9.78 Å². The molecule has 0 radical (unpaired) electrons. The number of rotatable bonds is 7. The molecule has 3 N–H and O–H groups in total. The van der Waals surface area contributed by atoms with Gasteiger partial charge in [-0.2, -0.15) is 0 Å². The van der Waals surface area contributed by atoms with Crippen molar-refractivity contribution in [3.8, 4) is 11.3 Å². The highest BCUT2D eigenvalue weighted by molar-refractivity contribution is 5.87. The Labute approximate surface area is 174 Å². The molecule has 0 atom stereocenters. The summed E-state index contributed by atoms with van der Waals surface area (Å²) < 4.78 is 0. The molecule has 30 heavy (non-hydrogen) atoms. The Morgan fingerprint density at radius 2 is 1.83 bits per heavy atom. The average molecular weight is 408 g/mol. The SMILES string of the molecule is CC(C)C(=O)O.O=C(O)c1cccc(CCNc2nccc(-c3cccnc3)n2)c1. The molecule has 0 aliphatic rings. The van der Waals surface area contributed by atoms with Crippen LogP contribution in [-0.2, 0) is 11.2 Å². The van der Waals surface area contributed by atoms with E-state index in [1.165, 1.54) is 0 Å². The van der Waals surface area contributed by atoms with Crippen LogP contribution in [0, 0.1) is 5.92 Å². The summed E-state index contributed by atoms with van der Waals surface area (Å²) in [6, 6.07) is 12.5. The summed E-state index contributed by atoms with van der Waals surface area (Å²) in [5.74, 6) is -1.36. The van der Waals surface area contributed by atoms with E-state index in [-0.39, 0.29) is 5.92 Å². The number of pyridine rings is 1. The number of benzene rings is 1. The van der Waals surface area contributed by atoms with Gasteiger partial charge in [0.05, 0.1) is 17.2 Å². The number of hydrogen-bond donors (Lipinski definition) is 3. The average Bonchev–Trinajstić information content (AvgIpc) is 2.75. The van der Waals surface area contributed by atoms with Gasteiger partial charge in [-0.05, 0) is 42.3 Å². The molecule has 1 aromatic carbocycles. The number of carboxylic acid groups (broad SMARTS) is 2. The summed E-state index contributed by atoms with van der Waals surface area (Å²) in [6.45, 7) is 3.89. The lowest BCUT2D eigenvalue weighted by Crippen LogP contribution is -2.08. The highest BCUT2D eigenvalue weighted by atomic mass is 16.4. The fraction of sp³-hybridized carbons (Fsp3) is 0.227. The zero-order valence-corrected chi connectivity index (χ0v) is 16.8. The molecule has 0 spiro atoms. The van der Waals surface area contributed by atoms with Gasteiger partial charge in [-0.25, -0.2) is 14.8 Å². The molecule has 0 bridgehead atoms. The number of aromatic nitrogens is 3. The van der Waals surface area contributed by atoms with Gasteiger partial charge in [0.15, 0.2) is 0 Å². The van der Waals surface area contributed by atoms with Crippen LogP contribution in [0.15, 0.2) is 61.1 Å². The van der Waals surface area contributed by atoms with Gasteiger partial charge >= 0.3 is 11.9 Å². The van der Waals surface area contributed by atoms with Crippen molar-refractivity contribution in [3.63, 3.8) is 0 Å². The quantitative estimate of drug-likeness (QED) is 0.541. The molecule has 0 unspecified atom stereocenters. The summed E-state index contributed by atoms with van der Waals surface area (Å²) in [7, 11) is 0. The second-order valence-electron chi connectivity index (χ2n) is 6.68. The van der Waals surface area contributed by atoms with Crippen molar-refractivity contribution in [1.29, 1.82) is 0 Å². The number of carbonyl (C=O) groups is 2. The number of nitrogens with zero attached hydrogens (tertiary/aromatic N) is 3. The minimum absolute atomic E-state index is 0.231. The first-order valence-corrected chi connectivity index (χ1v) is 9.39. The Bertz CT molecular complexity index is 978. The van der Waals surface area contributed by atoms with Crippen molar-refractivity contribution in [2.24, 2.45) is 5.92 Å². The Kier molecular flexibility index (Phi) is 8.43. The van der Waals surface area contributed by atoms with E-state index in [1.807, 2.05) is 24.3 Å². The van der Waals surface area contributed by atoms with E-state index in [2.05, 4.69) is 20.3 Å². The first-order valence-electron chi connectivity index (χ1n) is 9.39. The second-order valence-corrected chi connectivity index (χ2v) is 6.68. The highest BCUT2D eigenvalue weighted by Crippen LogP contribution is 2.15. The molecule has 3 aromatic rings. The smallest absolute Gasteiger partial charge is 0.335 e. The molecule has 2 aromatic heterocycles. The van der Waals surface area contributed by atoms with E-state index >= 15 is 0 Å². The van der Waals surface area contributed by atoms with Crippen LogP contribution in [0.25, 0.3) is 11.3 Å². The van der Waals surface area contributed by atoms with Crippen LogP contribution in [0.4, 0.5) is 5.95 Å². The molecule has 2 heterocycles. The normalized spacial score (nSPS) is 10.1. The first-order chi connectivity index (χ1) is 14.4. The van der Waals surface area contributed by atoms with Crippen LogP contribution in [0.3, 0.4) is 0 Å². The van der Waals surface area contributed by atoms with Gasteiger partial charge in [0.2, 0.25) is 5.95 Å². The van der Waals surface area contributed by atoms with E-state index in [0.717, 1.165) is 16.8 Å². The number of anilines is 1. The predicted molar refractivity (Wildman–Crippen MR) is 113 cm³/mol. The second kappa shape index (κ2) is 11.3. The maximum atomic E-state index is 11.0. The lowest BCUT2D eigenvalue weighted by molar-refractivity contribution is -0.140. The van der Waals surface area contributed by atoms with Gasteiger partial charge in [0, 0.05) is 30.7 Å². The first kappa shape index (κ1) is 22.5. The number of aliphatic carboxylic acids is 1. The summed E-state index contributed by atoms with van der Waals surface area (Å²) in [4.78, 5) is 33.4. The molecular formula is C22H24N4O4. The van der Waals surface area contributed by atoms with E-state index in [4.69, 9.17) is 10.2 Å².